The van der Waals surface area contributed by atoms with Crippen molar-refractivity contribution in [2.45, 2.75) is 132 Å². The van der Waals surface area contributed by atoms with Crippen LogP contribution in [0.3, 0.4) is 0 Å². The Labute approximate surface area is 373 Å². The average Bonchev–Trinajstić information content (AvgIpc) is 3.92. The van der Waals surface area contributed by atoms with Crippen molar-refractivity contribution in [2.24, 2.45) is 5.92 Å². The smallest absolute Gasteiger partial charge is 0.282 e. The Kier molecular flexibility index (Phi) is 9.69. The lowest BCUT2D eigenvalue weighted by Gasteiger charge is -2.43. The van der Waals surface area contributed by atoms with Crippen LogP contribution in [0.15, 0.2) is 53.3 Å². The van der Waals surface area contributed by atoms with Crippen molar-refractivity contribution >= 4 is 40.2 Å². The van der Waals surface area contributed by atoms with Crippen molar-refractivity contribution in [2.75, 3.05) is 39.3 Å². The van der Waals surface area contributed by atoms with Crippen molar-refractivity contribution in [3.63, 3.8) is 0 Å². The van der Waals surface area contributed by atoms with Gasteiger partial charge in [0.25, 0.3) is 11.5 Å². The molecule has 2 saturated carbocycles. The number of fused-ring (bicyclic) bond motifs is 11. The summed E-state index contributed by atoms with van der Waals surface area (Å²) in [4.78, 5) is 63.3. The maximum absolute atomic E-state index is 13.5. The van der Waals surface area contributed by atoms with Gasteiger partial charge in [-0.25, -0.2) is 0 Å². The number of hydrogen-bond donors (Lipinski definition) is 1. The normalized spacial score (nSPS) is 27.6. The number of piperidine rings is 3. The van der Waals surface area contributed by atoms with Crippen LogP contribution in [0.1, 0.15) is 141 Å². The second-order valence-corrected chi connectivity index (χ2v) is 20.8. The summed E-state index contributed by atoms with van der Waals surface area (Å²) in [6.45, 7) is 6.55. The fourth-order valence-corrected chi connectivity index (χ4v) is 13.9. The molecule has 1 N–H and O–H groups in total. The van der Waals surface area contributed by atoms with Crippen LogP contribution in [0.4, 0.5) is 0 Å². The van der Waals surface area contributed by atoms with Crippen LogP contribution < -0.4 is 15.6 Å². The Morgan fingerprint density at radius 3 is 2.46 bits per heavy atom. The second kappa shape index (κ2) is 15.3. The molecule has 2 spiro atoms. The van der Waals surface area contributed by atoms with Crippen molar-refractivity contribution in [3.8, 4) is 11.4 Å². The van der Waals surface area contributed by atoms with Crippen molar-refractivity contribution in [3.05, 3.63) is 97.5 Å². The SMILES string of the molecule is O=C1CC[C@H](N2Cc3c(ccc4c3OCC43CCN(CC4CCC(N5CCC[C@@H](c6ccc7c(c6)-n6c(nc(=O)c8c(Cl)cccc86)C76CCCCC6)C5)CC4)CC3)C2=O)C(=O)N1. The molecule has 0 radical (unpaired) electrons. The van der Waals surface area contributed by atoms with E-state index in [-0.39, 0.29) is 40.5 Å². The first kappa shape index (κ1) is 40.0. The van der Waals surface area contributed by atoms with E-state index in [4.69, 9.17) is 21.3 Å². The highest BCUT2D eigenvalue weighted by atomic mass is 35.5. The number of carbonyl (C=O) groups excluding carboxylic acids is 3. The van der Waals surface area contributed by atoms with Gasteiger partial charge in [-0.05, 0) is 137 Å². The van der Waals surface area contributed by atoms with Crippen LogP contribution in [-0.2, 0) is 27.0 Å². The fourth-order valence-electron chi connectivity index (χ4n) is 13.7. The highest BCUT2D eigenvalue weighted by Crippen LogP contribution is 2.53. The summed E-state index contributed by atoms with van der Waals surface area (Å²) >= 11 is 6.66. The predicted molar refractivity (Wildman–Crippen MR) is 241 cm³/mol. The van der Waals surface area contributed by atoms with E-state index in [0.29, 0.717) is 47.5 Å². The molecule has 2 atom stereocenters. The maximum Gasteiger partial charge on any atom is 0.282 e. The highest BCUT2D eigenvalue weighted by Gasteiger charge is 2.49. The molecule has 0 unspecified atom stereocenters. The van der Waals surface area contributed by atoms with E-state index < -0.39 is 6.04 Å². The molecule has 5 fully saturated rings. The third-order valence-electron chi connectivity index (χ3n) is 17.1. The number of benzene rings is 3. The molecule has 3 saturated heterocycles. The first-order valence-electron chi connectivity index (χ1n) is 24.0. The Hall–Kier alpha value is -4.58. The Balaban J connectivity index is 0.685. The average molecular weight is 870 g/mol. The molecule has 2 aliphatic carbocycles. The zero-order valence-electron chi connectivity index (χ0n) is 36.1. The third kappa shape index (κ3) is 6.37. The number of hydrogen-bond acceptors (Lipinski definition) is 8. The first-order chi connectivity index (χ1) is 30.7. The third-order valence-corrected chi connectivity index (χ3v) is 17.4. The van der Waals surface area contributed by atoms with Gasteiger partial charge in [-0.3, -0.25) is 34.0 Å². The van der Waals surface area contributed by atoms with Gasteiger partial charge in [0, 0.05) is 47.7 Å². The Morgan fingerprint density at radius 1 is 0.841 bits per heavy atom. The molecule has 12 rings (SSSR count). The number of halogens is 1. The summed E-state index contributed by atoms with van der Waals surface area (Å²) < 4.78 is 8.76. The van der Waals surface area contributed by atoms with Gasteiger partial charge in [-0.15, -0.1) is 0 Å². The van der Waals surface area contributed by atoms with Crippen LogP contribution in [0.5, 0.6) is 5.75 Å². The number of nitrogens with zero attached hydrogens (tertiary/aromatic N) is 5. The highest BCUT2D eigenvalue weighted by molar-refractivity contribution is 6.35. The topological polar surface area (TPSA) is 117 Å². The molecule has 8 aliphatic rings. The minimum absolute atomic E-state index is 0.0363. The van der Waals surface area contributed by atoms with Gasteiger partial charge in [0.2, 0.25) is 11.8 Å². The summed E-state index contributed by atoms with van der Waals surface area (Å²) in [7, 11) is 0. The lowest BCUT2D eigenvalue weighted by atomic mass is 9.69. The Morgan fingerprint density at radius 2 is 1.65 bits per heavy atom. The van der Waals surface area contributed by atoms with Gasteiger partial charge in [0.1, 0.15) is 17.6 Å². The standard InChI is InChI=1S/C51H57ClN6O5/c52-39-7-4-8-40-44(39)47(61)54-49-51(19-2-1-3-20-51)37-15-11-32(26-42(37)58(40)49)33-6-5-23-56(28-33)34-12-9-31(10-13-34)27-55-24-21-50(22-25-55)30-63-45-36-29-57(41-17-18-43(59)53-46(41)60)48(62)35(36)14-16-38(45)50/h4,7-8,11,14-16,26,31,33-34,41H,1-3,5-6,9-10,12-13,17-25,27-30H2,(H,53,59,60)/t31?,33-,34?,41+/m1/s1. The van der Waals surface area contributed by atoms with E-state index in [0.717, 1.165) is 93.3 Å². The molecule has 0 bridgehead atoms. The molecule has 12 heteroatoms. The monoisotopic (exact) mass is 868 g/mol. The van der Waals surface area contributed by atoms with E-state index in [1.54, 1.807) is 11.0 Å². The minimum atomic E-state index is -0.622. The van der Waals surface area contributed by atoms with Crippen LogP contribution in [0.25, 0.3) is 16.6 Å². The molecule has 1 aromatic heterocycles. The number of amides is 3. The molecule has 7 heterocycles. The summed E-state index contributed by atoms with van der Waals surface area (Å²) in [5.74, 6) is 2.17. The molecule has 63 heavy (non-hydrogen) atoms. The number of aromatic nitrogens is 2. The van der Waals surface area contributed by atoms with Gasteiger partial charge < -0.3 is 14.5 Å². The zero-order chi connectivity index (χ0) is 42.6. The number of imide groups is 1. The molecular weight excluding hydrogens is 812 g/mol. The molecule has 328 valence electrons. The number of nitrogens with one attached hydrogen (secondary N) is 1. The van der Waals surface area contributed by atoms with E-state index in [1.165, 1.54) is 73.9 Å². The van der Waals surface area contributed by atoms with Crippen LogP contribution >= 0.6 is 11.6 Å². The molecule has 4 aromatic rings. The lowest BCUT2D eigenvalue weighted by molar-refractivity contribution is -0.136. The lowest BCUT2D eigenvalue weighted by Crippen LogP contribution is -2.52. The van der Waals surface area contributed by atoms with Crippen LogP contribution in [0.2, 0.25) is 5.02 Å². The van der Waals surface area contributed by atoms with Crippen molar-refractivity contribution < 1.29 is 19.1 Å². The second-order valence-electron chi connectivity index (χ2n) is 20.4. The zero-order valence-corrected chi connectivity index (χ0v) is 36.9. The summed E-state index contributed by atoms with van der Waals surface area (Å²) in [6.07, 6.45) is 15.8. The molecule has 6 aliphatic heterocycles. The van der Waals surface area contributed by atoms with Gasteiger partial charge >= 0.3 is 0 Å². The summed E-state index contributed by atoms with van der Waals surface area (Å²) in [6, 6.07) is 17.1. The van der Waals surface area contributed by atoms with E-state index >= 15 is 0 Å². The molecule has 3 amide bonds. The number of likely N-dealkylation sites (tertiary alicyclic amines) is 2. The quantitative estimate of drug-likeness (QED) is 0.205. The first-order valence-corrected chi connectivity index (χ1v) is 24.3. The van der Waals surface area contributed by atoms with E-state index in [9.17, 15) is 19.2 Å². The van der Waals surface area contributed by atoms with E-state index in [2.05, 4.69) is 43.9 Å². The van der Waals surface area contributed by atoms with Gasteiger partial charge in [-0.1, -0.05) is 55.1 Å². The molecular formula is C51H57ClN6O5. The predicted octanol–water partition coefficient (Wildman–Crippen LogP) is 7.53. The van der Waals surface area contributed by atoms with Crippen LogP contribution in [-0.4, -0.2) is 93.4 Å². The van der Waals surface area contributed by atoms with E-state index in [1.807, 2.05) is 18.2 Å². The largest absolute Gasteiger partial charge is 0.492 e. The number of ether oxygens (including phenoxy) is 1. The summed E-state index contributed by atoms with van der Waals surface area (Å²) in [5, 5.41) is 3.41. The number of rotatable bonds is 5. The van der Waals surface area contributed by atoms with Crippen molar-refractivity contribution in [1.29, 1.82) is 0 Å². The van der Waals surface area contributed by atoms with Gasteiger partial charge in [0.15, 0.2) is 0 Å². The van der Waals surface area contributed by atoms with Gasteiger partial charge in [0.05, 0.1) is 40.2 Å². The Bertz CT molecular complexity index is 2620. The minimum Gasteiger partial charge on any atom is -0.492 e. The van der Waals surface area contributed by atoms with Crippen LogP contribution in [0, 0.1) is 5.92 Å². The number of carbonyl (C=O) groups is 3. The molecule has 11 nitrogen and oxygen atoms in total. The van der Waals surface area contributed by atoms with Gasteiger partial charge in [-0.2, -0.15) is 4.98 Å². The fraction of sp³-hybridized carbons (Fsp3) is 0.549. The maximum atomic E-state index is 13.5. The van der Waals surface area contributed by atoms with Crippen molar-refractivity contribution in [1.82, 2.24) is 29.6 Å². The summed E-state index contributed by atoms with van der Waals surface area (Å²) in [5.41, 5.74) is 7.13. The molecule has 3 aromatic carbocycles.